The van der Waals surface area contributed by atoms with Crippen LogP contribution in [-0.4, -0.2) is 29.8 Å². The standard InChI is InChI=1S/C27H33NS2/c1-2-7-21(8-3-1)9-6-18-29-24-13-14-27-25(19-24)26(20-30-27)22-11-12-23-10-4-5-16-28(23)17-15-22/h1-3,7-8,13-14,19-20,22-23H,4-6,9-12,15-18H2. The summed E-state index contributed by atoms with van der Waals surface area (Å²) in [5.41, 5.74) is 3.10. The Morgan fingerprint density at radius 1 is 0.933 bits per heavy atom. The van der Waals surface area contributed by atoms with Gasteiger partial charge in [0.2, 0.25) is 0 Å². The second-order valence-electron chi connectivity index (χ2n) is 9.04. The molecule has 1 aromatic heterocycles. The van der Waals surface area contributed by atoms with Crippen molar-refractivity contribution < 1.29 is 0 Å². The highest BCUT2D eigenvalue weighted by Gasteiger charge is 2.28. The number of nitrogens with zero attached hydrogens (tertiary/aromatic N) is 1. The van der Waals surface area contributed by atoms with Gasteiger partial charge in [-0.3, -0.25) is 0 Å². The topological polar surface area (TPSA) is 3.24 Å². The lowest BCUT2D eigenvalue weighted by atomic mass is 9.90. The Kier molecular flexibility index (Phi) is 6.79. The van der Waals surface area contributed by atoms with Crippen molar-refractivity contribution in [3.05, 3.63) is 65.0 Å². The van der Waals surface area contributed by atoms with Crippen LogP contribution < -0.4 is 0 Å². The molecule has 2 aliphatic rings. The predicted octanol–water partition coefficient (Wildman–Crippen LogP) is 7.75. The summed E-state index contributed by atoms with van der Waals surface area (Å²) in [6.07, 6.45) is 10.8. The third-order valence-electron chi connectivity index (χ3n) is 7.10. The summed E-state index contributed by atoms with van der Waals surface area (Å²) in [7, 11) is 0. The largest absolute Gasteiger partial charge is 0.300 e. The fourth-order valence-electron chi connectivity index (χ4n) is 5.40. The molecule has 0 amide bonds. The molecule has 0 bridgehead atoms. The van der Waals surface area contributed by atoms with Gasteiger partial charge >= 0.3 is 0 Å². The number of piperidine rings is 1. The van der Waals surface area contributed by atoms with Gasteiger partial charge in [0.05, 0.1) is 0 Å². The number of hydrogen-bond donors (Lipinski definition) is 0. The molecule has 158 valence electrons. The molecule has 2 aliphatic heterocycles. The van der Waals surface area contributed by atoms with E-state index in [1.54, 1.807) is 5.56 Å². The Bertz CT molecular complexity index is 932. The van der Waals surface area contributed by atoms with Gasteiger partial charge in [-0.25, -0.2) is 0 Å². The van der Waals surface area contributed by atoms with Crippen LogP contribution in [0.25, 0.3) is 10.1 Å². The molecule has 2 unspecified atom stereocenters. The zero-order valence-corrected chi connectivity index (χ0v) is 19.5. The van der Waals surface area contributed by atoms with Gasteiger partial charge in [0.15, 0.2) is 0 Å². The average molecular weight is 436 g/mol. The van der Waals surface area contributed by atoms with E-state index in [1.165, 1.54) is 90.8 Å². The van der Waals surface area contributed by atoms with E-state index < -0.39 is 0 Å². The maximum absolute atomic E-state index is 2.80. The monoisotopic (exact) mass is 435 g/mol. The summed E-state index contributed by atoms with van der Waals surface area (Å²) in [4.78, 5) is 4.24. The maximum atomic E-state index is 2.80. The van der Waals surface area contributed by atoms with Crippen LogP contribution in [0.15, 0.2) is 58.8 Å². The van der Waals surface area contributed by atoms with Crippen molar-refractivity contribution in [1.82, 2.24) is 4.90 Å². The number of fused-ring (bicyclic) bond motifs is 2. The summed E-state index contributed by atoms with van der Waals surface area (Å²) in [5, 5.41) is 4.02. The Hall–Kier alpha value is -1.29. The normalized spacial score (nSPS) is 22.7. The van der Waals surface area contributed by atoms with Gasteiger partial charge in [-0.2, -0.15) is 0 Å². The lowest BCUT2D eigenvalue weighted by molar-refractivity contribution is 0.151. The van der Waals surface area contributed by atoms with Gasteiger partial charge in [-0.05, 0) is 110 Å². The molecule has 2 aromatic carbocycles. The molecule has 1 nitrogen and oxygen atoms in total. The van der Waals surface area contributed by atoms with Crippen molar-refractivity contribution in [1.29, 1.82) is 0 Å². The zero-order valence-electron chi connectivity index (χ0n) is 17.9. The molecule has 3 heteroatoms. The summed E-state index contributed by atoms with van der Waals surface area (Å²) >= 11 is 3.98. The van der Waals surface area contributed by atoms with Crippen LogP contribution in [0.3, 0.4) is 0 Å². The molecular weight excluding hydrogens is 402 g/mol. The Morgan fingerprint density at radius 2 is 1.87 bits per heavy atom. The fraction of sp³-hybridized carbons (Fsp3) is 0.481. The van der Waals surface area contributed by atoms with E-state index in [2.05, 4.69) is 58.8 Å². The molecule has 2 saturated heterocycles. The minimum atomic E-state index is 0.752. The van der Waals surface area contributed by atoms with Crippen molar-refractivity contribution in [2.45, 2.75) is 68.2 Å². The molecule has 3 aromatic rings. The van der Waals surface area contributed by atoms with Crippen molar-refractivity contribution >= 4 is 33.2 Å². The first-order valence-corrected chi connectivity index (χ1v) is 13.7. The van der Waals surface area contributed by atoms with Crippen molar-refractivity contribution in [2.75, 3.05) is 18.8 Å². The van der Waals surface area contributed by atoms with E-state index in [0.29, 0.717) is 0 Å². The van der Waals surface area contributed by atoms with Gasteiger partial charge < -0.3 is 4.90 Å². The third kappa shape index (κ3) is 4.79. The molecule has 5 rings (SSSR count). The third-order valence-corrected chi connectivity index (χ3v) is 9.16. The van der Waals surface area contributed by atoms with Crippen LogP contribution in [0.1, 0.15) is 62.0 Å². The van der Waals surface area contributed by atoms with E-state index in [1.807, 2.05) is 23.1 Å². The molecule has 0 saturated carbocycles. The second kappa shape index (κ2) is 9.89. The highest BCUT2D eigenvalue weighted by atomic mass is 32.2. The van der Waals surface area contributed by atoms with E-state index in [-0.39, 0.29) is 0 Å². The lowest BCUT2D eigenvalue weighted by Gasteiger charge is -2.33. The quantitative estimate of drug-likeness (QED) is 0.288. The fourth-order valence-corrected chi connectivity index (χ4v) is 7.31. The zero-order chi connectivity index (χ0) is 20.2. The Morgan fingerprint density at radius 3 is 2.80 bits per heavy atom. The van der Waals surface area contributed by atoms with Gasteiger partial charge in [0.1, 0.15) is 0 Å². The smallest absolute Gasteiger partial charge is 0.0346 e. The van der Waals surface area contributed by atoms with Gasteiger partial charge in [0.25, 0.3) is 0 Å². The van der Waals surface area contributed by atoms with Crippen molar-refractivity contribution in [2.24, 2.45) is 0 Å². The predicted molar refractivity (Wildman–Crippen MR) is 133 cm³/mol. The summed E-state index contributed by atoms with van der Waals surface area (Å²) in [5.74, 6) is 1.95. The minimum absolute atomic E-state index is 0.752. The minimum Gasteiger partial charge on any atom is -0.300 e. The van der Waals surface area contributed by atoms with E-state index >= 15 is 0 Å². The highest BCUT2D eigenvalue weighted by Crippen LogP contribution is 2.40. The first-order chi connectivity index (χ1) is 14.9. The number of thioether (sulfide) groups is 1. The van der Waals surface area contributed by atoms with E-state index in [0.717, 1.165) is 12.0 Å². The molecule has 0 spiro atoms. The number of hydrogen-bond acceptors (Lipinski definition) is 3. The Labute approximate surface area is 189 Å². The maximum Gasteiger partial charge on any atom is 0.0346 e. The summed E-state index contributed by atoms with van der Waals surface area (Å²) in [6.45, 7) is 2.64. The summed E-state index contributed by atoms with van der Waals surface area (Å²) < 4.78 is 1.47. The number of rotatable bonds is 6. The van der Waals surface area contributed by atoms with Crippen LogP contribution >= 0.6 is 23.1 Å². The number of benzene rings is 2. The molecule has 2 atom stereocenters. The van der Waals surface area contributed by atoms with Gasteiger partial charge in [-0.15, -0.1) is 23.1 Å². The molecular formula is C27H33NS2. The van der Waals surface area contributed by atoms with Crippen LogP contribution in [0.5, 0.6) is 0 Å². The molecule has 0 radical (unpaired) electrons. The number of thiophene rings is 1. The van der Waals surface area contributed by atoms with Gasteiger partial charge in [0, 0.05) is 15.6 Å². The second-order valence-corrected chi connectivity index (χ2v) is 11.1. The van der Waals surface area contributed by atoms with Crippen LogP contribution in [0.4, 0.5) is 0 Å². The van der Waals surface area contributed by atoms with E-state index in [4.69, 9.17) is 0 Å². The van der Waals surface area contributed by atoms with Crippen LogP contribution in [-0.2, 0) is 6.42 Å². The molecule has 0 aliphatic carbocycles. The molecule has 2 fully saturated rings. The van der Waals surface area contributed by atoms with E-state index in [9.17, 15) is 0 Å². The molecule has 0 N–H and O–H groups in total. The lowest BCUT2D eigenvalue weighted by Crippen LogP contribution is -2.38. The van der Waals surface area contributed by atoms with Crippen molar-refractivity contribution in [3.8, 4) is 0 Å². The van der Waals surface area contributed by atoms with Crippen LogP contribution in [0, 0.1) is 0 Å². The number of aryl methyl sites for hydroxylation is 1. The first kappa shape index (κ1) is 20.6. The SMILES string of the molecule is c1ccc(CCCSc2ccc3scc(C4CCC5CCCCN5CC4)c3c2)cc1. The Balaban J connectivity index is 1.24. The molecule has 3 heterocycles. The average Bonchev–Trinajstić information content (AvgIpc) is 3.09. The highest BCUT2D eigenvalue weighted by molar-refractivity contribution is 7.99. The molecule has 30 heavy (non-hydrogen) atoms. The summed E-state index contributed by atoms with van der Waals surface area (Å²) in [6, 6.07) is 18.9. The first-order valence-electron chi connectivity index (χ1n) is 11.8. The van der Waals surface area contributed by atoms with Gasteiger partial charge in [-0.1, -0.05) is 36.8 Å². The van der Waals surface area contributed by atoms with Crippen molar-refractivity contribution in [3.63, 3.8) is 0 Å². The van der Waals surface area contributed by atoms with Crippen LogP contribution in [0.2, 0.25) is 0 Å².